The number of benzene rings is 2. The highest BCUT2D eigenvalue weighted by molar-refractivity contribution is 7.89. The second-order valence-corrected chi connectivity index (χ2v) is 7.63. The zero-order chi connectivity index (χ0) is 20.9. The molecule has 5 nitrogen and oxygen atoms in total. The maximum atomic E-state index is 13.1. The number of esters is 1. The summed E-state index contributed by atoms with van der Waals surface area (Å²) < 4.78 is 83.7. The number of alkyl halides is 3. The van der Waals surface area contributed by atoms with E-state index in [1.807, 2.05) is 4.72 Å². The lowest BCUT2D eigenvalue weighted by Gasteiger charge is -2.17. The molecule has 0 spiro atoms. The summed E-state index contributed by atoms with van der Waals surface area (Å²) in [7, 11) is -3.44. The summed E-state index contributed by atoms with van der Waals surface area (Å²) in [5.41, 5.74) is -0.776. The monoisotopic (exact) mass is 419 g/mol. The Morgan fingerprint density at radius 1 is 1.11 bits per heavy atom. The molecule has 0 saturated carbocycles. The first kappa shape index (κ1) is 21.8. The van der Waals surface area contributed by atoms with Gasteiger partial charge in [-0.25, -0.2) is 17.5 Å². The Bertz CT molecular complexity index is 927. The Kier molecular flexibility index (Phi) is 6.78. The van der Waals surface area contributed by atoms with Crippen LogP contribution in [0.1, 0.15) is 11.1 Å². The molecule has 0 fully saturated rings. The van der Waals surface area contributed by atoms with Crippen LogP contribution in [0.25, 0.3) is 0 Å². The summed E-state index contributed by atoms with van der Waals surface area (Å²) >= 11 is 0. The van der Waals surface area contributed by atoms with Crippen molar-refractivity contribution >= 4 is 16.0 Å². The van der Waals surface area contributed by atoms with Gasteiger partial charge in [0.15, 0.2) is 0 Å². The number of methoxy groups -OCH3 is 1. The van der Waals surface area contributed by atoms with E-state index in [4.69, 9.17) is 0 Å². The van der Waals surface area contributed by atoms with Crippen molar-refractivity contribution in [1.29, 1.82) is 0 Å². The lowest BCUT2D eigenvalue weighted by atomic mass is 9.99. The van der Waals surface area contributed by atoms with Crippen molar-refractivity contribution in [2.24, 2.45) is 5.92 Å². The van der Waals surface area contributed by atoms with E-state index >= 15 is 0 Å². The molecule has 2 rings (SSSR count). The van der Waals surface area contributed by atoms with Crippen molar-refractivity contribution in [2.45, 2.75) is 17.5 Å². The molecule has 0 radical (unpaired) electrons. The van der Waals surface area contributed by atoms with Crippen molar-refractivity contribution in [2.75, 3.05) is 13.7 Å². The third-order valence-electron chi connectivity index (χ3n) is 3.93. The molecule has 0 saturated heterocycles. The van der Waals surface area contributed by atoms with Gasteiger partial charge in [0.25, 0.3) is 0 Å². The van der Waals surface area contributed by atoms with Crippen LogP contribution in [-0.4, -0.2) is 28.0 Å². The van der Waals surface area contributed by atoms with Crippen LogP contribution in [0.4, 0.5) is 17.6 Å². The first-order valence-corrected chi connectivity index (χ1v) is 9.51. The Morgan fingerprint density at radius 2 is 1.71 bits per heavy atom. The number of rotatable bonds is 7. The molecule has 2 aromatic carbocycles. The summed E-state index contributed by atoms with van der Waals surface area (Å²) in [6.07, 6.45) is -4.85. The third kappa shape index (κ3) is 5.52. The fraction of sp³-hybridized carbons (Fsp3) is 0.278. The minimum absolute atomic E-state index is 0.0103. The van der Waals surface area contributed by atoms with Gasteiger partial charge in [-0.3, -0.25) is 4.79 Å². The molecule has 0 amide bonds. The zero-order valence-electron chi connectivity index (χ0n) is 14.7. The van der Waals surface area contributed by atoms with E-state index in [0.29, 0.717) is 11.6 Å². The molecule has 28 heavy (non-hydrogen) atoms. The van der Waals surface area contributed by atoms with Crippen molar-refractivity contribution < 1.29 is 35.5 Å². The molecule has 2 aromatic rings. The highest BCUT2D eigenvalue weighted by atomic mass is 32.2. The van der Waals surface area contributed by atoms with Gasteiger partial charge in [-0.05, 0) is 36.2 Å². The van der Waals surface area contributed by atoms with Gasteiger partial charge in [0.05, 0.1) is 23.5 Å². The molecular weight excluding hydrogens is 402 g/mol. The molecule has 0 aliphatic rings. The van der Waals surface area contributed by atoms with Gasteiger partial charge < -0.3 is 4.74 Å². The summed E-state index contributed by atoms with van der Waals surface area (Å²) in [5.74, 6) is -2.25. The maximum Gasteiger partial charge on any atom is 0.417 e. The normalized spacial score (nSPS) is 13.2. The van der Waals surface area contributed by atoms with Crippen LogP contribution >= 0.6 is 0 Å². The Hall–Kier alpha value is -2.46. The van der Waals surface area contributed by atoms with Crippen LogP contribution in [0.2, 0.25) is 0 Å². The first-order chi connectivity index (χ1) is 13.0. The Morgan fingerprint density at radius 3 is 2.29 bits per heavy atom. The summed E-state index contributed by atoms with van der Waals surface area (Å²) in [6.45, 7) is -0.488. The van der Waals surface area contributed by atoms with Gasteiger partial charge in [0.2, 0.25) is 10.0 Å². The number of carbonyl (C=O) groups is 1. The summed E-state index contributed by atoms with van der Waals surface area (Å²) in [4.78, 5) is 11.0. The number of hydrogen-bond donors (Lipinski definition) is 1. The van der Waals surface area contributed by atoms with Gasteiger partial charge >= 0.3 is 12.1 Å². The minimum Gasteiger partial charge on any atom is -0.469 e. The van der Waals surface area contributed by atoms with Crippen LogP contribution in [-0.2, 0) is 32.2 Å². The van der Waals surface area contributed by atoms with Crippen LogP contribution in [0.5, 0.6) is 0 Å². The van der Waals surface area contributed by atoms with Crippen molar-refractivity contribution in [3.05, 3.63) is 65.5 Å². The highest BCUT2D eigenvalue weighted by Crippen LogP contribution is 2.33. The average molecular weight is 419 g/mol. The van der Waals surface area contributed by atoms with E-state index in [1.165, 1.54) is 30.3 Å². The van der Waals surface area contributed by atoms with Gasteiger partial charge in [-0.15, -0.1) is 0 Å². The molecule has 0 heterocycles. The second-order valence-electron chi connectivity index (χ2n) is 5.90. The Labute approximate surface area is 159 Å². The average Bonchev–Trinajstić information content (AvgIpc) is 2.65. The van der Waals surface area contributed by atoms with Crippen molar-refractivity contribution in [3.63, 3.8) is 0 Å². The van der Waals surface area contributed by atoms with Gasteiger partial charge in [0.1, 0.15) is 5.82 Å². The van der Waals surface area contributed by atoms with Crippen LogP contribution < -0.4 is 4.72 Å². The Balaban J connectivity index is 2.22. The first-order valence-electron chi connectivity index (χ1n) is 8.03. The molecule has 1 atom stereocenters. The molecular formula is C18H17F4NO4S. The lowest BCUT2D eigenvalue weighted by molar-refractivity contribution is -0.145. The predicted molar refractivity (Wildman–Crippen MR) is 92.2 cm³/mol. The van der Waals surface area contributed by atoms with E-state index in [1.54, 1.807) is 0 Å². The molecule has 0 aliphatic carbocycles. The largest absolute Gasteiger partial charge is 0.469 e. The molecule has 0 aliphatic heterocycles. The molecule has 10 heteroatoms. The number of halogens is 4. The number of ether oxygens (including phenoxy) is 1. The second kappa shape index (κ2) is 8.70. The number of sulfonamides is 1. The van der Waals surface area contributed by atoms with E-state index in [2.05, 4.69) is 4.74 Å². The van der Waals surface area contributed by atoms with Crippen molar-refractivity contribution in [1.82, 2.24) is 4.72 Å². The molecule has 0 aromatic heterocycles. The van der Waals surface area contributed by atoms with E-state index in [0.717, 1.165) is 19.2 Å². The van der Waals surface area contributed by atoms with E-state index < -0.39 is 50.9 Å². The third-order valence-corrected chi connectivity index (χ3v) is 5.41. The topological polar surface area (TPSA) is 72.5 Å². The lowest BCUT2D eigenvalue weighted by Crippen LogP contribution is -2.35. The molecule has 1 N–H and O–H groups in total. The molecule has 152 valence electrons. The highest BCUT2D eigenvalue weighted by Gasteiger charge is 2.37. The maximum absolute atomic E-state index is 13.1. The number of carbonyl (C=O) groups excluding carboxylic acids is 1. The smallest absolute Gasteiger partial charge is 0.417 e. The molecule has 0 bridgehead atoms. The van der Waals surface area contributed by atoms with E-state index in [-0.39, 0.29) is 6.42 Å². The van der Waals surface area contributed by atoms with Crippen LogP contribution in [0, 0.1) is 11.7 Å². The minimum atomic E-state index is -4.86. The number of nitrogens with one attached hydrogen (secondary N) is 1. The standard InChI is InChI=1S/C18H17F4NO4S/c1-27-17(24)13(10-12-6-8-14(19)9-7-12)11-23-28(25,26)16-5-3-2-4-15(16)18(20,21)22/h2-9,13,23H,10-11H2,1H3/t13-/m0/s1. The van der Waals surface area contributed by atoms with Gasteiger partial charge in [-0.2, -0.15) is 13.2 Å². The van der Waals surface area contributed by atoms with Gasteiger partial charge in [-0.1, -0.05) is 24.3 Å². The fourth-order valence-electron chi connectivity index (χ4n) is 2.53. The van der Waals surface area contributed by atoms with Crippen molar-refractivity contribution in [3.8, 4) is 0 Å². The van der Waals surface area contributed by atoms with E-state index in [9.17, 15) is 30.8 Å². The fourth-order valence-corrected chi connectivity index (χ4v) is 3.84. The predicted octanol–water partition coefficient (Wildman–Crippen LogP) is 3.15. The van der Waals surface area contributed by atoms with Crippen LogP contribution in [0.15, 0.2) is 53.4 Å². The number of hydrogen-bond acceptors (Lipinski definition) is 4. The SMILES string of the molecule is COC(=O)[C@H](CNS(=O)(=O)c1ccccc1C(F)(F)F)Cc1ccc(F)cc1. The van der Waals surface area contributed by atoms with Gasteiger partial charge in [0, 0.05) is 6.54 Å². The quantitative estimate of drug-likeness (QED) is 0.553. The van der Waals surface area contributed by atoms with Crippen LogP contribution in [0.3, 0.4) is 0 Å². The summed E-state index contributed by atoms with van der Waals surface area (Å²) in [5, 5.41) is 0. The molecule has 0 unspecified atom stereocenters. The summed E-state index contributed by atoms with van der Waals surface area (Å²) in [6, 6.07) is 8.91. The zero-order valence-corrected chi connectivity index (χ0v) is 15.5.